The summed E-state index contributed by atoms with van der Waals surface area (Å²) in [5, 5.41) is 2.44. The first-order valence-electron chi connectivity index (χ1n) is 5.21. The Labute approximate surface area is 108 Å². The van der Waals surface area contributed by atoms with Crippen LogP contribution in [0.2, 0.25) is 0 Å². The van der Waals surface area contributed by atoms with Crippen molar-refractivity contribution >= 4 is 23.3 Å². The predicted molar refractivity (Wildman–Crippen MR) is 69.6 cm³/mol. The zero-order valence-electron chi connectivity index (χ0n) is 9.31. The van der Waals surface area contributed by atoms with Crippen molar-refractivity contribution in [3.05, 3.63) is 46.8 Å². The van der Waals surface area contributed by atoms with Gasteiger partial charge in [0.25, 0.3) is 5.56 Å². The quantitative estimate of drug-likeness (QED) is 0.826. The van der Waals surface area contributed by atoms with Crippen LogP contribution >= 0.6 is 11.6 Å². The molecule has 0 aliphatic heterocycles. The van der Waals surface area contributed by atoms with Gasteiger partial charge in [-0.3, -0.25) is 9.59 Å². The van der Waals surface area contributed by atoms with E-state index in [0.717, 1.165) is 5.56 Å². The number of halogens is 1. The molecule has 2 aromatic rings. The molecule has 0 aliphatic rings. The van der Waals surface area contributed by atoms with Crippen molar-refractivity contribution < 1.29 is 4.79 Å². The van der Waals surface area contributed by atoms with Gasteiger partial charge in [0.15, 0.2) is 0 Å². The number of nitrogens with one attached hydrogen (secondary N) is 2. The Bertz CT molecular complexity index is 610. The minimum atomic E-state index is -0.409. The second-order valence-electron chi connectivity index (χ2n) is 3.53. The summed E-state index contributed by atoms with van der Waals surface area (Å²) in [4.78, 5) is 29.4. The average molecular weight is 264 g/mol. The molecular weight excluding hydrogens is 254 g/mol. The summed E-state index contributed by atoms with van der Waals surface area (Å²) in [6, 6.07) is 10.4. The molecule has 1 aromatic heterocycles. The minimum Gasteiger partial charge on any atom is -0.309 e. The fourth-order valence-electron chi connectivity index (χ4n) is 1.43. The number of H-pyrrole nitrogens is 1. The average Bonchev–Trinajstić information content (AvgIpc) is 2.39. The third kappa shape index (κ3) is 2.95. The van der Waals surface area contributed by atoms with Gasteiger partial charge in [-0.1, -0.05) is 30.3 Å². The Balaban J connectivity index is 2.39. The second-order valence-corrected chi connectivity index (χ2v) is 3.79. The van der Waals surface area contributed by atoms with Crippen molar-refractivity contribution in [1.29, 1.82) is 0 Å². The first-order chi connectivity index (χ1) is 8.69. The number of carbonyl (C=O) groups is 1. The van der Waals surface area contributed by atoms with Crippen LogP contribution in [0.1, 0.15) is 0 Å². The van der Waals surface area contributed by atoms with Gasteiger partial charge in [-0.25, -0.2) is 4.98 Å². The summed E-state index contributed by atoms with van der Waals surface area (Å²) in [6.45, 7) is 0. The molecule has 2 N–H and O–H groups in total. The van der Waals surface area contributed by atoms with Crippen molar-refractivity contribution in [3.63, 3.8) is 0 Å². The van der Waals surface area contributed by atoms with Crippen LogP contribution < -0.4 is 10.9 Å². The number of hydrogen-bond acceptors (Lipinski definition) is 3. The number of aromatic amines is 1. The molecule has 1 aromatic carbocycles. The highest BCUT2D eigenvalue weighted by atomic mass is 35.5. The van der Waals surface area contributed by atoms with E-state index in [1.807, 2.05) is 30.3 Å². The number of hydrogen-bond donors (Lipinski definition) is 2. The van der Waals surface area contributed by atoms with Crippen LogP contribution in [0.4, 0.5) is 5.82 Å². The van der Waals surface area contributed by atoms with Gasteiger partial charge in [0, 0.05) is 11.6 Å². The maximum Gasteiger partial charge on any atom is 0.253 e. The highest BCUT2D eigenvalue weighted by molar-refractivity contribution is 6.29. The molecule has 0 saturated carbocycles. The Kier molecular flexibility index (Phi) is 3.74. The first kappa shape index (κ1) is 12.3. The highest BCUT2D eigenvalue weighted by Crippen LogP contribution is 2.13. The molecular formula is C12H10ClN3O2. The predicted octanol–water partition coefficient (Wildman–Crippen LogP) is 1.61. The summed E-state index contributed by atoms with van der Waals surface area (Å²) in [7, 11) is 0. The zero-order valence-corrected chi connectivity index (χ0v) is 10.1. The molecule has 1 amide bonds. The van der Waals surface area contributed by atoms with Crippen LogP contribution in [0.3, 0.4) is 0 Å². The summed E-state index contributed by atoms with van der Waals surface area (Å²) in [5.41, 5.74) is 0.422. The number of amides is 1. The third-order valence-electron chi connectivity index (χ3n) is 2.18. The second kappa shape index (κ2) is 5.46. The van der Waals surface area contributed by atoms with Crippen molar-refractivity contribution in [2.24, 2.45) is 0 Å². The van der Waals surface area contributed by atoms with E-state index in [1.54, 1.807) is 0 Å². The van der Waals surface area contributed by atoms with Gasteiger partial charge in [-0.2, -0.15) is 0 Å². The van der Waals surface area contributed by atoms with Crippen LogP contribution in [0.5, 0.6) is 0 Å². The largest absolute Gasteiger partial charge is 0.309 e. The van der Waals surface area contributed by atoms with E-state index in [4.69, 9.17) is 11.6 Å². The monoisotopic (exact) mass is 263 g/mol. The molecule has 0 atom stereocenters. The van der Waals surface area contributed by atoms with Gasteiger partial charge in [0.1, 0.15) is 17.5 Å². The molecule has 0 aliphatic carbocycles. The Morgan fingerprint density at radius 1 is 1.33 bits per heavy atom. The molecule has 6 heteroatoms. The van der Waals surface area contributed by atoms with E-state index in [9.17, 15) is 9.59 Å². The van der Waals surface area contributed by atoms with E-state index in [2.05, 4.69) is 15.3 Å². The van der Waals surface area contributed by atoms with Gasteiger partial charge in [-0.05, 0) is 0 Å². The van der Waals surface area contributed by atoms with Crippen LogP contribution in [0.15, 0.2) is 41.2 Å². The lowest BCUT2D eigenvalue weighted by atomic mass is 10.2. The van der Waals surface area contributed by atoms with Crippen molar-refractivity contribution in [2.75, 3.05) is 11.2 Å². The maximum absolute atomic E-state index is 11.5. The summed E-state index contributed by atoms with van der Waals surface area (Å²) >= 11 is 5.37. The Morgan fingerprint density at radius 2 is 2.06 bits per heavy atom. The number of nitrogens with zero attached hydrogens (tertiary/aromatic N) is 1. The van der Waals surface area contributed by atoms with Gasteiger partial charge in [0.2, 0.25) is 5.91 Å². The van der Waals surface area contributed by atoms with Gasteiger partial charge < -0.3 is 10.3 Å². The molecule has 0 saturated heterocycles. The Morgan fingerprint density at radius 3 is 2.72 bits per heavy atom. The van der Waals surface area contributed by atoms with Crippen molar-refractivity contribution in [1.82, 2.24) is 9.97 Å². The van der Waals surface area contributed by atoms with Gasteiger partial charge in [0.05, 0.1) is 0 Å². The van der Waals surface area contributed by atoms with Crippen molar-refractivity contribution in [2.45, 2.75) is 0 Å². The maximum atomic E-state index is 11.5. The number of alkyl halides is 1. The zero-order chi connectivity index (χ0) is 13.0. The van der Waals surface area contributed by atoms with E-state index < -0.39 is 5.91 Å². The number of anilines is 1. The molecule has 0 fully saturated rings. The molecule has 2 rings (SSSR count). The Hall–Kier alpha value is -2.14. The minimum absolute atomic E-state index is 0.184. The smallest absolute Gasteiger partial charge is 0.253 e. The molecule has 0 bridgehead atoms. The number of benzene rings is 1. The molecule has 0 unspecified atom stereocenters. The normalized spacial score (nSPS) is 10.1. The van der Waals surface area contributed by atoms with E-state index in [0.29, 0.717) is 5.82 Å². The fourth-order valence-corrected chi connectivity index (χ4v) is 1.50. The molecule has 92 valence electrons. The molecule has 1 heterocycles. The van der Waals surface area contributed by atoms with Crippen LogP contribution in [-0.4, -0.2) is 21.8 Å². The molecule has 0 radical (unpaired) electrons. The van der Waals surface area contributed by atoms with Crippen molar-refractivity contribution in [3.8, 4) is 11.4 Å². The third-order valence-corrected chi connectivity index (χ3v) is 2.42. The van der Waals surface area contributed by atoms with E-state index in [1.165, 1.54) is 6.07 Å². The first-order valence-corrected chi connectivity index (χ1v) is 5.75. The standard InChI is InChI=1S/C12H10ClN3O2/c13-7-11(18)14-9-6-10(17)16-12(15-9)8-4-2-1-3-5-8/h1-6H,7H2,(H2,14,15,16,17,18). The highest BCUT2D eigenvalue weighted by Gasteiger charge is 2.06. The van der Waals surface area contributed by atoms with Gasteiger partial charge >= 0.3 is 0 Å². The lowest BCUT2D eigenvalue weighted by Gasteiger charge is -2.04. The summed E-state index contributed by atoms with van der Waals surface area (Å²) in [6.07, 6.45) is 0. The SMILES string of the molecule is O=C(CCl)Nc1cc(=O)[nH]c(-c2ccccc2)n1. The lowest BCUT2D eigenvalue weighted by molar-refractivity contribution is -0.113. The van der Waals surface area contributed by atoms with E-state index >= 15 is 0 Å². The summed E-state index contributed by atoms with van der Waals surface area (Å²) in [5.74, 6) is -0.0141. The lowest BCUT2D eigenvalue weighted by Crippen LogP contribution is -2.17. The molecule has 18 heavy (non-hydrogen) atoms. The number of rotatable bonds is 3. The van der Waals surface area contributed by atoms with E-state index in [-0.39, 0.29) is 17.3 Å². The number of carbonyl (C=O) groups excluding carboxylic acids is 1. The van der Waals surface area contributed by atoms with Crippen LogP contribution in [0, 0.1) is 0 Å². The molecule has 5 nitrogen and oxygen atoms in total. The van der Waals surface area contributed by atoms with Crippen LogP contribution in [0.25, 0.3) is 11.4 Å². The number of aromatic nitrogens is 2. The molecule has 0 spiro atoms. The summed E-state index contributed by atoms with van der Waals surface area (Å²) < 4.78 is 0. The topological polar surface area (TPSA) is 74.8 Å². The fraction of sp³-hybridized carbons (Fsp3) is 0.0833. The van der Waals surface area contributed by atoms with Crippen LogP contribution in [-0.2, 0) is 4.79 Å². The van der Waals surface area contributed by atoms with Gasteiger partial charge in [-0.15, -0.1) is 11.6 Å².